The van der Waals surface area contributed by atoms with Gasteiger partial charge in [-0.2, -0.15) is 0 Å². The highest BCUT2D eigenvalue weighted by Gasteiger charge is 2.34. The monoisotopic (exact) mass is 380 g/mol. The van der Waals surface area contributed by atoms with E-state index in [9.17, 15) is 9.59 Å². The Morgan fingerprint density at radius 2 is 2.07 bits per heavy atom. The topological polar surface area (TPSA) is 106 Å². The molecule has 0 atom stereocenters. The van der Waals surface area contributed by atoms with Crippen molar-refractivity contribution in [2.75, 3.05) is 26.8 Å². The van der Waals surface area contributed by atoms with Gasteiger partial charge in [0.1, 0.15) is 5.75 Å². The van der Waals surface area contributed by atoms with Gasteiger partial charge in [-0.25, -0.2) is 0 Å². The van der Waals surface area contributed by atoms with Crippen LogP contribution in [0.3, 0.4) is 0 Å². The lowest BCUT2D eigenvalue weighted by molar-refractivity contribution is 0.104. The van der Waals surface area contributed by atoms with Crippen molar-refractivity contribution in [1.82, 2.24) is 19.9 Å². The highest BCUT2D eigenvalue weighted by atomic mass is 16.5. The summed E-state index contributed by atoms with van der Waals surface area (Å²) < 4.78 is 6.83. The summed E-state index contributed by atoms with van der Waals surface area (Å²) in [5.41, 5.74) is 1.75. The molecule has 0 aliphatic heterocycles. The first-order valence-corrected chi connectivity index (χ1v) is 9.08. The lowest BCUT2D eigenvalue weighted by Crippen LogP contribution is -2.26. The molecule has 3 aromatic rings. The Balaban J connectivity index is 1.89. The summed E-state index contributed by atoms with van der Waals surface area (Å²) in [6, 6.07) is 3.30. The van der Waals surface area contributed by atoms with Gasteiger partial charge >= 0.3 is 0 Å². The summed E-state index contributed by atoms with van der Waals surface area (Å²) in [5.74, 6) is 0.311. The fourth-order valence-electron chi connectivity index (χ4n) is 3.60. The molecule has 0 bridgehead atoms. The van der Waals surface area contributed by atoms with Crippen molar-refractivity contribution < 1.29 is 14.6 Å². The molecule has 0 saturated carbocycles. The maximum absolute atomic E-state index is 13.2. The van der Waals surface area contributed by atoms with Crippen LogP contribution in [0.2, 0.25) is 0 Å². The quantitative estimate of drug-likeness (QED) is 0.460. The number of fused-ring (bicyclic) bond motifs is 5. The van der Waals surface area contributed by atoms with Crippen molar-refractivity contribution in [3.05, 3.63) is 52.2 Å². The van der Waals surface area contributed by atoms with Crippen LogP contribution in [0.4, 0.5) is 0 Å². The van der Waals surface area contributed by atoms with E-state index >= 15 is 0 Å². The number of aliphatic hydroxyl groups is 1. The van der Waals surface area contributed by atoms with Crippen LogP contribution >= 0.6 is 0 Å². The van der Waals surface area contributed by atoms with Gasteiger partial charge in [0.15, 0.2) is 5.78 Å². The van der Waals surface area contributed by atoms with Crippen molar-refractivity contribution in [1.29, 1.82) is 0 Å². The molecule has 0 unspecified atom stereocenters. The van der Waals surface area contributed by atoms with Crippen LogP contribution in [-0.4, -0.2) is 52.2 Å². The van der Waals surface area contributed by atoms with Crippen molar-refractivity contribution in [3.63, 3.8) is 0 Å². The number of ether oxygens (including phenoxy) is 1. The summed E-state index contributed by atoms with van der Waals surface area (Å²) in [7, 11) is 1.52. The summed E-state index contributed by atoms with van der Waals surface area (Å²) in [4.78, 5) is 34.9. The Labute approximate surface area is 160 Å². The maximum Gasteiger partial charge on any atom is 0.259 e. The van der Waals surface area contributed by atoms with E-state index in [0.29, 0.717) is 65.1 Å². The molecule has 8 nitrogen and oxygen atoms in total. The highest BCUT2D eigenvalue weighted by Crippen LogP contribution is 2.39. The van der Waals surface area contributed by atoms with Crippen molar-refractivity contribution >= 4 is 16.6 Å². The van der Waals surface area contributed by atoms with Crippen LogP contribution in [0.25, 0.3) is 22.2 Å². The van der Waals surface area contributed by atoms with Gasteiger partial charge < -0.3 is 19.7 Å². The number of hydrogen-bond donors (Lipinski definition) is 2. The highest BCUT2D eigenvalue weighted by molar-refractivity contribution is 6.26. The number of aliphatic hydroxyl groups excluding tert-OH is 1. The minimum atomic E-state index is -0.179. The number of nitrogens with zero attached hydrogens (tertiary/aromatic N) is 3. The summed E-state index contributed by atoms with van der Waals surface area (Å²) in [5, 5.41) is 13.0. The SMILES string of the molecule is COc1cnc2c(c1)C(=O)c1c-2n(CCCNCCO)c(=O)c2ccncc12. The van der Waals surface area contributed by atoms with Gasteiger partial charge in [-0.1, -0.05) is 0 Å². The molecule has 8 heteroatoms. The smallest absolute Gasteiger partial charge is 0.259 e. The van der Waals surface area contributed by atoms with Gasteiger partial charge in [-0.15, -0.1) is 0 Å². The van der Waals surface area contributed by atoms with Gasteiger partial charge in [0.2, 0.25) is 0 Å². The largest absolute Gasteiger partial charge is 0.495 e. The summed E-state index contributed by atoms with van der Waals surface area (Å²) in [6.07, 6.45) is 5.33. The van der Waals surface area contributed by atoms with E-state index in [4.69, 9.17) is 9.84 Å². The van der Waals surface area contributed by atoms with Crippen LogP contribution in [-0.2, 0) is 6.54 Å². The predicted octanol–water partition coefficient (Wildman–Crippen LogP) is 0.983. The average Bonchev–Trinajstić information content (AvgIpc) is 3.02. The third-order valence-corrected chi connectivity index (χ3v) is 4.89. The molecule has 144 valence electrons. The lowest BCUT2D eigenvalue weighted by Gasteiger charge is -2.14. The van der Waals surface area contributed by atoms with E-state index < -0.39 is 0 Å². The third kappa shape index (κ3) is 2.87. The Morgan fingerprint density at radius 3 is 2.86 bits per heavy atom. The molecule has 0 aromatic carbocycles. The fourth-order valence-corrected chi connectivity index (χ4v) is 3.60. The van der Waals surface area contributed by atoms with E-state index in [1.807, 2.05) is 0 Å². The number of rotatable bonds is 7. The molecular weight excluding hydrogens is 360 g/mol. The van der Waals surface area contributed by atoms with E-state index in [1.165, 1.54) is 7.11 Å². The fraction of sp³-hybridized carbons (Fsp3) is 0.300. The second-order valence-electron chi connectivity index (χ2n) is 6.53. The molecule has 1 aliphatic carbocycles. The summed E-state index contributed by atoms with van der Waals surface area (Å²) >= 11 is 0. The molecule has 2 N–H and O–H groups in total. The van der Waals surface area contributed by atoms with E-state index in [2.05, 4.69) is 15.3 Å². The van der Waals surface area contributed by atoms with Crippen LogP contribution in [0.15, 0.2) is 35.5 Å². The number of ketones is 1. The van der Waals surface area contributed by atoms with Crippen molar-refractivity contribution in [3.8, 4) is 17.1 Å². The Morgan fingerprint density at radius 1 is 1.21 bits per heavy atom. The second-order valence-corrected chi connectivity index (χ2v) is 6.53. The standard InChI is InChI=1S/C20H20N4O4/c1-28-12-9-14-17(23-10-12)18-16(19(14)26)15-11-22-5-3-13(15)20(27)24(18)7-2-4-21-6-8-25/h3,5,9-11,21,25H,2,4,6-8H2,1H3. The number of aromatic nitrogens is 3. The van der Waals surface area contributed by atoms with Crippen LogP contribution in [0, 0.1) is 0 Å². The Hall–Kier alpha value is -3.10. The summed E-state index contributed by atoms with van der Waals surface area (Å²) in [6.45, 7) is 1.64. The van der Waals surface area contributed by atoms with Gasteiger partial charge in [0.25, 0.3) is 5.56 Å². The number of carbonyl (C=O) groups is 1. The molecular formula is C20H20N4O4. The Bertz CT molecular complexity index is 1120. The van der Waals surface area contributed by atoms with Crippen LogP contribution < -0.4 is 15.6 Å². The molecule has 0 saturated heterocycles. The minimum absolute atomic E-state index is 0.0615. The van der Waals surface area contributed by atoms with Crippen molar-refractivity contribution in [2.24, 2.45) is 0 Å². The van der Waals surface area contributed by atoms with E-state index in [0.717, 1.165) is 0 Å². The van der Waals surface area contributed by atoms with E-state index in [1.54, 1.807) is 35.3 Å². The molecule has 1 aliphatic rings. The zero-order chi connectivity index (χ0) is 19.7. The molecule has 3 heterocycles. The van der Waals surface area contributed by atoms with Gasteiger partial charge in [0, 0.05) is 30.9 Å². The first-order valence-electron chi connectivity index (χ1n) is 9.08. The molecule has 3 aromatic heterocycles. The van der Waals surface area contributed by atoms with Crippen molar-refractivity contribution in [2.45, 2.75) is 13.0 Å². The maximum atomic E-state index is 13.2. The van der Waals surface area contributed by atoms with E-state index in [-0.39, 0.29) is 17.9 Å². The number of pyridine rings is 3. The zero-order valence-electron chi connectivity index (χ0n) is 15.4. The predicted molar refractivity (Wildman–Crippen MR) is 104 cm³/mol. The number of carbonyl (C=O) groups excluding carboxylic acids is 1. The first-order chi connectivity index (χ1) is 13.7. The molecule has 28 heavy (non-hydrogen) atoms. The first kappa shape index (κ1) is 18.3. The van der Waals surface area contributed by atoms with Gasteiger partial charge in [-0.05, 0) is 25.1 Å². The lowest BCUT2D eigenvalue weighted by atomic mass is 10.0. The average molecular weight is 380 g/mol. The van der Waals surface area contributed by atoms with Gasteiger partial charge in [-0.3, -0.25) is 19.6 Å². The van der Waals surface area contributed by atoms with Crippen LogP contribution in [0.5, 0.6) is 5.75 Å². The Kier molecular flexibility index (Phi) is 4.89. The van der Waals surface area contributed by atoms with Gasteiger partial charge in [0.05, 0.1) is 47.8 Å². The normalized spacial score (nSPS) is 12.3. The molecule has 0 fully saturated rings. The molecule has 0 amide bonds. The second kappa shape index (κ2) is 7.49. The number of hydrogen-bond acceptors (Lipinski definition) is 7. The number of methoxy groups -OCH3 is 1. The van der Waals surface area contributed by atoms with Crippen LogP contribution in [0.1, 0.15) is 22.3 Å². The molecule has 0 radical (unpaired) electrons. The zero-order valence-corrected chi connectivity index (χ0v) is 15.4. The molecule has 0 spiro atoms. The minimum Gasteiger partial charge on any atom is -0.495 e. The molecule has 4 rings (SSSR count). The third-order valence-electron chi connectivity index (χ3n) is 4.89. The number of nitrogens with one attached hydrogen (secondary N) is 1.